The van der Waals surface area contributed by atoms with Crippen LogP contribution in [0.1, 0.15) is 90.9 Å². The van der Waals surface area contributed by atoms with Gasteiger partial charge in [-0.05, 0) is 68.6 Å². The van der Waals surface area contributed by atoms with Crippen LogP contribution in [0.4, 0.5) is 0 Å². The smallest absolute Gasteiger partial charge is 0.0180 e. The third-order valence-electron chi connectivity index (χ3n) is 6.65. The van der Waals surface area contributed by atoms with E-state index in [9.17, 15) is 0 Å². The van der Waals surface area contributed by atoms with Crippen molar-refractivity contribution in [2.45, 2.75) is 90.9 Å². The second kappa shape index (κ2) is 10.3. The zero-order valence-corrected chi connectivity index (χ0v) is 16.4. The molecule has 2 aliphatic carbocycles. The van der Waals surface area contributed by atoms with Crippen molar-refractivity contribution >= 4 is 0 Å². The summed E-state index contributed by atoms with van der Waals surface area (Å²) in [6, 6.07) is 0. The summed E-state index contributed by atoms with van der Waals surface area (Å²) in [5, 5.41) is 3.55. The van der Waals surface area contributed by atoms with Crippen molar-refractivity contribution in [3.63, 3.8) is 0 Å². The van der Waals surface area contributed by atoms with E-state index >= 15 is 0 Å². The van der Waals surface area contributed by atoms with Crippen LogP contribution in [0.5, 0.6) is 0 Å². The second-order valence-electron chi connectivity index (χ2n) is 8.60. The Kier molecular flexibility index (Phi) is 8.42. The fourth-order valence-electron chi connectivity index (χ4n) is 4.55. The lowest BCUT2D eigenvalue weighted by molar-refractivity contribution is 0.485. The molecule has 1 N–H and O–H groups in total. The Hall–Kier alpha value is -0.720. The van der Waals surface area contributed by atoms with E-state index in [4.69, 9.17) is 0 Å². The molecule has 0 aromatic rings. The zero-order chi connectivity index (χ0) is 17.4. The Morgan fingerprint density at radius 1 is 1.00 bits per heavy atom. The molecule has 0 heterocycles. The van der Waals surface area contributed by atoms with E-state index in [-0.39, 0.29) is 0 Å². The fraction of sp³-hybridized carbons (Fsp3) is 0.826. The van der Waals surface area contributed by atoms with Gasteiger partial charge in [0.1, 0.15) is 0 Å². The minimum Gasteiger partial charge on any atom is -0.388 e. The third kappa shape index (κ3) is 6.65. The fourth-order valence-corrected chi connectivity index (χ4v) is 4.55. The van der Waals surface area contributed by atoms with Crippen molar-refractivity contribution in [1.82, 2.24) is 5.32 Å². The van der Waals surface area contributed by atoms with Crippen molar-refractivity contribution in [1.29, 1.82) is 0 Å². The van der Waals surface area contributed by atoms with E-state index in [1.54, 1.807) is 0 Å². The van der Waals surface area contributed by atoms with E-state index < -0.39 is 0 Å². The molecule has 0 spiro atoms. The first-order valence-corrected chi connectivity index (χ1v) is 10.7. The molecule has 0 aliphatic heterocycles. The molecule has 0 bridgehead atoms. The molecule has 24 heavy (non-hydrogen) atoms. The van der Waals surface area contributed by atoms with Crippen molar-refractivity contribution in [2.24, 2.45) is 23.7 Å². The van der Waals surface area contributed by atoms with Crippen molar-refractivity contribution in [3.8, 4) is 0 Å². The molecule has 1 nitrogen and oxygen atoms in total. The van der Waals surface area contributed by atoms with Crippen LogP contribution in [-0.2, 0) is 0 Å². The number of nitrogens with one attached hydrogen (secondary N) is 1. The van der Waals surface area contributed by atoms with Crippen LogP contribution in [0.15, 0.2) is 24.4 Å². The lowest BCUT2D eigenvalue weighted by atomic mass is 9.98. The standard InChI is InChI=1S/C23H41N/c1-5-18(2)12-13-19(3)16-17-24-20(4)14-15-23-21-10-8-6-7-9-11-22(21)23/h18,21-24H,3-17H2,1-2H3. The van der Waals surface area contributed by atoms with Crippen LogP contribution >= 0.6 is 0 Å². The molecule has 0 aromatic carbocycles. The van der Waals surface area contributed by atoms with Gasteiger partial charge in [-0.3, -0.25) is 0 Å². The summed E-state index contributed by atoms with van der Waals surface area (Å²) in [7, 11) is 0. The minimum atomic E-state index is 0.833. The van der Waals surface area contributed by atoms with Crippen LogP contribution in [0.3, 0.4) is 0 Å². The highest BCUT2D eigenvalue weighted by Gasteiger charge is 2.47. The van der Waals surface area contributed by atoms with Gasteiger partial charge in [0.15, 0.2) is 0 Å². The van der Waals surface area contributed by atoms with Gasteiger partial charge in [-0.25, -0.2) is 0 Å². The maximum atomic E-state index is 4.25. The molecule has 2 saturated carbocycles. The van der Waals surface area contributed by atoms with Crippen LogP contribution in [0, 0.1) is 23.7 Å². The monoisotopic (exact) mass is 331 g/mol. The lowest BCUT2D eigenvalue weighted by Gasteiger charge is -2.12. The molecule has 138 valence electrons. The zero-order valence-electron chi connectivity index (χ0n) is 16.4. The second-order valence-corrected chi connectivity index (χ2v) is 8.60. The van der Waals surface area contributed by atoms with Gasteiger partial charge >= 0.3 is 0 Å². The molecule has 1 heteroatoms. The molecule has 2 rings (SSSR count). The van der Waals surface area contributed by atoms with Gasteiger partial charge in [0.2, 0.25) is 0 Å². The summed E-state index contributed by atoms with van der Waals surface area (Å²) in [6.45, 7) is 14.1. The quantitative estimate of drug-likeness (QED) is 0.408. The predicted octanol–water partition coefficient (Wildman–Crippen LogP) is 6.86. The molecule has 0 saturated heterocycles. The van der Waals surface area contributed by atoms with Crippen LogP contribution in [-0.4, -0.2) is 6.54 Å². The lowest BCUT2D eigenvalue weighted by Crippen LogP contribution is -2.14. The normalized spacial score (nSPS) is 27.5. The number of hydrogen-bond acceptors (Lipinski definition) is 1. The van der Waals surface area contributed by atoms with E-state index in [0.29, 0.717) is 0 Å². The molecular weight excluding hydrogens is 290 g/mol. The highest BCUT2D eigenvalue weighted by molar-refractivity contribution is 5.02. The number of hydrogen-bond donors (Lipinski definition) is 1. The van der Waals surface area contributed by atoms with E-state index in [0.717, 1.165) is 36.6 Å². The average Bonchev–Trinajstić information content (AvgIpc) is 3.20. The van der Waals surface area contributed by atoms with Gasteiger partial charge in [0.25, 0.3) is 0 Å². The first kappa shape index (κ1) is 19.6. The summed E-state index contributed by atoms with van der Waals surface area (Å²) >= 11 is 0. The number of rotatable bonds is 11. The summed E-state index contributed by atoms with van der Waals surface area (Å²) < 4.78 is 0. The van der Waals surface area contributed by atoms with E-state index in [1.165, 1.54) is 81.9 Å². The topological polar surface area (TPSA) is 12.0 Å². The molecular formula is C23H41N. The van der Waals surface area contributed by atoms with E-state index in [1.807, 2.05) is 0 Å². The Balaban J connectivity index is 1.52. The maximum Gasteiger partial charge on any atom is 0.0180 e. The minimum absolute atomic E-state index is 0.833. The molecule has 3 atom stereocenters. The highest BCUT2D eigenvalue weighted by Crippen LogP contribution is 2.55. The Labute approximate surface area is 151 Å². The molecule has 2 fully saturated rings. The molecule has 2 aliphatic rings. The highest BCUT2D eigenvalue weighted by atomic mass is 14.9. The predicted molar refractivity (Wildman–Crippen MR) is 107 cm³/mol. The van der Waals surface area contributed by atoms with Crippen LogP contribution in [0.2, 0.25) is 0 Å². The molecule has 3 unspecified atom stereocenters. The largest absolute Gasteiger partial charge is 0.388 e. The molecule has 0 amide bonds. The Morgan fingerprint density at radius 2 is 1.67 bits per heavy atom. The average molecular weight is 332 g/mol. The summed E-state index contributed by atoms with van der Waals surface area (Å²) in [4.78, 5) is 0. The maximum absolute atomic E-state index is 4.25. The first-order valence-electron chi connectivity index (χ1n) is 10.7. The summed E-state index contributed by atoms with van der Waals surface area (Å²) in [5.41, 5.74) is 2.65. The third-order valence-corrected chi connectivity index (χ3v) is 6.65. The summed E-state index contributed by atoms with van der Waals surface area (Å²) in [6.07, 6.45) is 16.3. The Morgan fingerprint density at radius 3 is 2.29 bits per heavy atom. The molecule has 0 radical (unpaired) electrons. The van der Waals surface area contributed by atoms with Gasteiger partial charge in [-0.1, -0.05) is 64.7 Å². The van der Waals surface area contributed by atoms with Crippen LogP contribution < -0.4 is 5.32 Å². The summed E-state index contributed by atoms with van der Waals surface area (Å²) in [5.74, 6) is 3.99. The number of fused-ring (bicyclic) bond motifs is 1. The Bertz CT molecular complexity index is 383. The van der Waals surface area contributed by atoms with Gasteiger partial charge in [-0.15, -0.1) is 0 Å². The van der Waals surface area contributed by atoms with Gasteiger partial charge in [-0.2, -0.15) is 0 Å². The van der Waals surface area contributed by atoms with Gasteiger partial charge < -0.3 is 5.32 Å². The number of allylic oxidation sites excluding steroid dienone is 1. The van der Waals surface area contributed by atoms with Crippen molar-refractivity contribution in [3.05, 3.63) is 24.4 Å². The van der Waals surface area contributed by atoms with Crippen molar-refractivity contribution < 1.29 is 0 Å². The van der Waals surface area contributed by atoms with Gasteiger partial charge in [0.05, 0.1) is 0 Å². The SMILES string of the molecule is C=C(CCNC(=C)CCC1C2CCCCCCC21)CCC(C)CC. The van der Waals surface area contributed by atoms with Crippen LogP contribution in [0.25, 0.3) is 0 Å². The molecule has 0 aromatic heterocycles. The van der Waals surface area contributed by atoms with Gasteiger partial charge in [0, 0.05) is 12.2 Å². The van der Waals surface area contributed by atoms with E-state index in [2.05, 4.69) is 32.3 Å². The first-order chi connectivity index (χ1) is 11.6. The van der Waals surface area contributed by atoms with Crippen molar-refractivity contribution in [2.75, 3.05) is 6.54 Å².